The van der Waals surface area contributed by atoms with E-state index >= 15 is 0 Å². The van der Waals surface area contributed by atoms with Crippen LogP contribution in [-0.4, -0.2) is 61.6 Å². The first-order chi connectivity index (χ1) is 14.0. The van der Waals surface area contributed by atoms with Gasteiger partial charge in [-0.2, -0.15) is 0 Å². The van der Waals surface area contributed by atoms with Crippen LogP contribution in [-0.2, 0) is 14.3 Å². The van der Waals surface area contributed by atoms with E-state index in [1.807, 2.05) is 27.7 Å². The maximum Gasteiger partial charge on any atom is 0.329 e. The Labute approximate surface area is 178 Å². The molecule has 0 aliphatic rings. The van der Waals surface area contributed by atoms with Gasteiger partial charge in [0.25, 0.3) is 11.8 Å². The van der Waals surface area contributed by atoms with Gasteiger partial charge in [-0.3, -0.25) is 9.59 Å². The van der Waals surface area contributed by atoms with Crippen LogP contribution in [0, 0.1) is 5.92 Å². The zero-order valence-electron chi connectivity index (χ0n) is 19.1. The van der Waals surface area contributed by atoms with Crippen molar-refractivity contribution in [1.29, 1.82) is 0 Å². The van der Waals surface area contributed by atoms with Crippen LogP contribution in [0.15, 0.2) is 18.2 Å². The van der Waals surface area contributed by atoms with Gasteiger partial charge in [0.15, 0.2) is 6.61 Å². The highest BCUT2D eigenvalue weighted by Gasteiger charge is 2.28. The number of esters is 1. The van der Waals surface area contributed by atoms with Gasteiger partial charge < -0.3 is 24.4 Å². The van der Waals surface area contributed by atoms with Crippen LogP contribution in [0.1, 0.15) is 51.9 Å². The lowest BCUT2D eigenvalue weighted by Crippen LogP contribution is -2.48. The second-order valence-corrected chi connectivity index (χ2v) is 7.89. The van der Waals surface area contributed by atoms with Gasteiger partial charge in [0, 0.05) is 23.7 Å². The topological polar surface area (TPSA) is 94.2 Å². The highest BCUT2D eigenvalue weighted by molar-refractivity contribution is 5.97. The molecule has 1 rings (SSSR count). The Morgan fingerprint density at radius 2 is 1.40 bits per heavy atom. The summed E-state index contributed by atoms with van der Waals surface area (Å²) in [7, 11) is 2.97. The van der Waals surface area contributed by atoms with Crippen molar-refractivity contribution in [1.82, 2.24) is 10.2 Å². The molecule has 2 amide bonds. The minimum atomic E-state index is -0.908. The van der Waals surface area contributed by atoms with Crippen LogP contribution in [0.25, 0.3) is 0 Å². The number of carbonyl (C=O) groups excluding carboxylic acids is 3. The van der Waals surface area contributed by atoms with E-state index in [1.54, 1.807) is 36.9 Å². The fourth-order valence-electron chi connectivity index (χ4n) is 3.13. The number of hydrogen-bond donors (Lipinski definition) is 1. The van der Waals surface area contributed by atoms with Gasteiger partial charge >= 0.3 is 5.97 Å². The molecular weight excluding hydrogens is 388 g/mol. The summed E-state index contributed by atoms with van der Waals surface area (Å²) >= 11 is 0. The number of hydrogen-bond acceptors (Lipinski definition) is 6. The third kappa shape index (κ3) is 6.93. The van der Waals surface area contributed by atoms with Gasteiger partial charge in [0.2, 0.25) is 0 Å². The normalized spacial score (nSPS) is 12.0. The molecule has 1 aromatic carbocycles. The lowest BCUT2D eigenvalue weighted by Gasteiger charge is -2.31. The standard InChI is InChI=1S/C22H34N2O6/c1-13(2)20(22(27)30-12-19(25)24(14(3)4)15(5)6)23-21(26)16-9-17(28-7)11-18(10-16)29-8/h9-11,13-15,20H,12H2,1-8H3,(H,23,26)/t20-/m1/s1. The molecule has 0 heterocycles. The number of amides is 2. The van der Waals surface area contributed by atoms with Gasteiger partial charge in [-0.1, -0.05) is 13.8 Å². The van der Waals surface area contributed by atoms with Crippen molar-refractivity contribution in [2.75, 3.05) is 20.8 Å². The van der Waals surface area contributed by atoms with E-state index in [2.05, 4.69) is 5.32 Å². The quantitative estimate of drug-likeness (QED) is 0.583. The van der Waals surface area contributed by atoms with Crippen molar-refractivity contribution >= 4 is 17.8 Å². The molecule has 0 radical (unpaired) electrons. The van der Waals surface area contributed by atoms with E-state index in [0.29, 0.717) is 11.5 Å². The Balaban J connectivity index is 2.88. The summed E-state index contributed by atoms with van der Waals surface area (Å²) in [6.45, 7) is 10.8. The second kappa shape index (κ2) is 11.4. The molecule has 1 aromatic rings. The summed E-state index contributed by atoms with van der Waals surface area (Å²) in [5.41, 5.74) is 0.284. The summed E-state index contributed by atoms with van der Waals surface area (Å²) in [5, 5.41) is 2.68. The SMILES string of the molecule is COc1cc(OC)cc(C(=O)N[C@@H](C(=O)OCC(=O)N(C(C)C)C(C)C)C(C)C)c1. The largest absolute Gasteiger partial charge is 0.497 e. The van der Waals surface area contributed by atoms with Crippen LogP contribution in [0.5, 0.6) is 11.5 Å². The van der Waals surface area contributed by atoms with Gasteiger partial charge in [0.1, 0.15) is 17.5 Å². The van der Waals surface area contributed by atoms with Crippen LogP contribution in [0.3, 0.4) is 0 Å². The van der Waals surface area contributed by atoms with E-state index in [1.165, 1.54) is 14.2 Å². The minimum Gasteiger partial charge on any atom is -0.497 e. The predicted octanol–water partition coefficient (Wildman–Crippen LogP) is 2.65. The fraction of sp³-hybridized carbons (Fsp3) is 0.591. The second-order valence-electron chi connectivity index (χ2n) is 7.89. The molecule has 0 aliphatic heterocycles. The van der Waals surface area contributed by atoms with E-state index < -0.39 is 17.9 Å². The van der Waals surface area contributed by atoms with E-state index in [-0.39, 0.29) is 36.1 Å². The van der Waals surface area contributed by atoms with Crippen LogP contribution < -0.4 is 14.8 Å². The van der Waals surface area contributed by atoms with Crippen molar-refractivity contribution in [3.63, 3.8) is 0 Å². The highest BCUT2D eigenvalue weighted by Crippen LogP contribution is 2.22. The summed E-state index contributed by atoms with van der Waals surface area (Å²) in [5.74, 6) is -0.739. The number of carbonyl (C=O) groups is 3. The number of methoxy groups -OCH3 is 2. The Kier molecular flexibility index (Phi) is 9.62. The predicted molar refractivity (Wildman–Crippen MR) is 114 cm³/mol. The minimum absolute atomic E-state index is 0.0140. The molecule has 0 aliphatic carbocycles. The Bertz CT molecular complexity index is 715. The van der Waals surface area contributed by atoms with E-state index in [0.717, 1.165) is 0 Å². The third-order valence-corrected chi connectivity index (χ3v) is 4.56. The summed E-state index contributed by atoms with van der Waals surface area (Å²) in [6.07, 6.45) is 0. The first-order valence-corrected chi connectivity index (χ1v) is 10.0. The number of nitrogens with one attached hydrogen (secondary N) is 1. The molecule has 30 heavy (non-hydrogen) atoms. The zero-order valence-corrected chi connectivity index (χ0v) is 19.1. The smallest absolute Gasteiger partial charge is 0.329 e. The van der Waals surface area contributed by atoms with Crippen LogP contribution in [0.4, 0.5) is 0 Å². The Morgan fingerprint density at radius 1 is 0.900 bits per heavy atom. The van der Waals surface area contributed by atoms with Crippen molar-refractivity contribution in [3.8, 4) is 11.5 Å². The van der Waals surface area contributed by atoms with Gasteiger partial charge in [-0.25, -0.2) is 4.79 Å². The van der Waals surface area contributed by atoms with Crippen LogP contribution >= 0.6 is 0 Å². The maximum atomic E-state index is 12.7. The molecule has 0 saturated heterocycles. The van der Waals surface area contributed by atoms with Crippen LogP contribution in [0.2, 0.25) is 0 Å². The molecule has 0 bridgehead atoms. The number of rotatable bonds is 10. The molecule has 8 heteroatoms. The zero-order chi connectivity index (χ0) is 23.0. The molecule has 0 fully saturated rings. The Morgan fingerprint density at radius 3 is 1.80 bits per heavy atom. The molecule has 1 N–H and O–H groups in total. The average molecular weight is 423 g/mol. The molecule has 0 aromatic heterocycles. The van der Waals surface area contributed by atoms with E-state index in [4.69, 9.17) is 14.2 Å². The third-order valence-electron chi connectivity index (χ3n) is 4.56. The van der Waals surface area contributed by atoms with Gasteiger partial charge in [0.05, 0.1) is 14.2 Å². The van der Waals surface area contributed by atoms with E-state index in [9.17, 15) is 14.4 Å². The van der Waals surface area contributed by atoms with Crippen molar-refractivity contribution < 1.29 is 28.6 Å². The average Bonchev–Trinajstić information content (AvgIpc) is 2.68. The number of nitrogens with zero attached hydrogens (tertiary/aromatic N) is 1. The number of ether oxygens (including phenoxy) is 3. The van der Waals surface area contributed by atoms with Crippen molar-refractivity contribution in [3.05, 3.63) is 23.8 Å². The van der Waals surface area contributed by atoms with Crippen molar-refractivity contribution in [2.45, 2.75) is 59.7 Å². The highest BCUT2D eigenvalue weighted by atomic mass is 16.5. The lowest BCUT2D eigenvalue weighted by molar-refractivity contribution is -0.155. The monoisotopic (exact) mass is 422 g/mol. The molecule has 168 valence electrons. The molecule has 8 nitrogen and oxygen atoms in total. The summed E-state index contributed by atoms with van der Waals surface area (Å²) < 4.78 is 15.6. The van der Waals surface area contributed by atoms with Crippen molar-refractivity contribution in [2.24, 2.45) is 5.92 Å². The molecule has 0 unspecified atom stereocenters. The Hall–Kier alpha value is -2.77. The van der Waals surface area contributed by atoms with Gasteiger partial charge in [-0.05, 0) is 45.7 Å². The maximum absolute atomic E-state index is 12.7. The molecule has 1 atom stereocenters. The number of benzene rings is 1. The molecule has 0 saturated carbocycles. The first kappa shape index (κ1) is 25.3. The fourth-order valence-corrected chi connectivity index (χ4v) is 3.13. The molecular formula is C22H34N2O6. The van der Waals surface area contributed by atoms with Gasteiger partial charge in [-0.15, -0.1) is 0 Å². The summed E-state index contributed by atoms with van der Waals surface area (Å²) in [6, 6.07) is 3.81. The molecule has 0 spiro atoms. The first-order valence-electron chi connectivity index (χ1n) is 10.0. The summed E-state index contributed by atoms with van der Waals surface area (Å²) in [4.78, 5) is 39.4. The lowest BCUT2D eigenvalue weighted by atomic mass is 10.0.